The van der Waals surface area contributed by atoms with Gasteiger partial charge in [-0.25, -0.2) is 4.98 Å². The molecule has 0 atom stereocenters. The van der Waals surface area contributed by atoms with Gasteiger partial charge in [-0.2, -0.15) is 4.37 Å². The first kappa shape index (κ1) is 26.8. The van der Waals surface area contributed by atoms with Crippen molar-refractivity contribution in [2.24, 2.45) is 0 Å². The molecule has 3 heterocycles. The van der Waals surface area contributed by atoms with Crippen LogP contribution in [0, 0.1) is 6.92 Å². The van der Waals surface area contributed by atoms with E-state index >= 15 is 0 Å². The molecule has 1 fully saturated rings. The number of furan rings is 1. The highest BCUT2D eigenvalue weighted by Gasteiger charge is 2.22. The van der Waals surface area contributed by atoms with Crippen molar-refractivity contribution in [3.8, 4) is 0 Å². The summed E-state index contributed by atoms with van der Waals surface area (Å²) in [5.41, 5.74) is 3.64. The summed E-state index contributed by atoms with van der Waals surface area (Å²) in [6.07, 6.45) is 7.16. The van der Waals surface area contributed by atoms with E-state index in [2.05, 4.69) is 81.8 Å². The zero-order valence-corrected chi connectivity index (χ0v) is 23.2. The van der Waals surface area contributed by atoms with E-state index in [-0.39, 0.29) is 5.91 Å². The summed E-state index contributed by atoms with van der Waals surface area (Å²) in [6.45, 7) is 7.40. The number of aryl methyl sites for hydroxylation is 1. The van der Waals surface area contributed by atoms with E-state index in [4.69, 9.17) is 9.40 Å². The number of hydrogen-bond donors (Lipinski definition) is 0. The van der Waals surface area contributed by atoms with Gasteiger partial charge in [0.05, 0.1) is 12.8 Å². The van der Waals surface area contributed by atoms with Crippen molar-refractivity contribution >= 4 is 28.6 Å². The number of nitrogens with zero attached hydrogens (tertiary/aromatic N) is 5. The molecule has 1 aliphatic rings. The van der Waals surface area contributed by atoms with Gasteiger partial charge in [-0.1, -0.05) is 72.3 Å². The number of benzene rings is 2. The highest BCUT2D eigenvalue weighted by atomic mass is 32.1. The molecule has 39 heavy (non-hydrogen) atoms. The largest absolute Gasteiger partial charge is 0.467 e. The molecule has 1 saturated heterocycles. The summed E-state index contributed by atoms with van der Waals surface area (Å²) in [5, 5.41) is 0.816. The molecule has 1 aliphatic heterocycles. The maximum Gasteiger partial charge on any atom is 0.224 e. The van der Waals surface area contributed by atoms with E-state index < -0.39 is 0 Å². The number of rotatable bonds is 11. The maximum atomic E-state index is 13.1. The topological polar surface area (TPSA) is 65.7 Å². The van der Waals surface area contributed by atoms with Crippen LogP contribution in [0.15, 0.2) is 83.5 Å². The molecule has 5 rings (SSSR count). The van der Waals surface area contributed by atoms with Gasteiger partial charge in [0.25, 0.3) is 0 Å². The molecule has 8 heteroatoms. The SMILES string of the molecule is Cc1ccc(Cc2nsc(N(CCC(=O)N3CCN(C/C=C/c4ccccc4)CC3)Cc3ccco3)n2)cc1. The second-order valence-electron chi connectivity index (χ2n) is 9.90. The molecule has 0 spiro atoms. The van der Waals surface area contributed by atoms with Crippen molar-refractivity contribution < 1.29 is 9.21 Å². The molecule has 2 aromatic carbocycles. The molecular weight excluding hydrogens is 506 g/mol. The number of hydrogen-bond acceptors (Lipinski definition) is 7. The Balaban J connectivity index is 1.13. The van der Waals surface area contributed by atoms with Crippen LogP contribution in [0.4, 0.5) is 5.13 Å². The number of carbonyl (C=O) groups is 1. The van der Waals surface area contributed by atoms with Crippen LogP contribution >= 0.6 is 11.5 Å². The quantitative estimate of drug-likeness (QED) is 0.257. The van der Waals surface area contributed by atoms with Crippen LogP contribution in [0.3, 0.4) is 0 Å². The average molecular weight is 542 g/mol. The first-order valence-corrected chi connectivity index (χ1v) is 14.3. The fourth-order valence-corrected chi connectivity index (χ4v) is 5.35. The van der Waals surface area contributed by atoms with Gasteiger partial charge in [0.1, 0.15) is 11.6 Å². The van der Waals surface area contributed by atoms with Gasteiger partial charge in [0.15, 0.2) is 0 Å². The summed E-state index contributed by atoms with van der Waals surface area (Å²) >= 11 is 1.38. The van der Waals surface area contributed by atoms with Crippen LogP contribution in [0.1, 0.15) is 34.7 Å². The number of aromatic nitrogens is 2. The number of piperazine rings is 1. The first-order valence-electron chi connectivity index (χ1n) is 13.5. The van der Waals surface area contributed by atoms with Crippen LogP contribution in [-0.4, -0.2) is 64.3 Å². The molecule has 0 N–H and O–H groups in total. The summed E-state index contributed by atoms with van der Waals surface area (Å²) in [7, 11) is 0. The fourth-order valence-electron chi connectivity index (χ4n) is 4.64. The summed E-state index contributed by atoms with van der Waals surface area (Å²) < 4.78 is 10.2. The van der Waals surface area contributed by atoms with Crippen LogP contribution in [-0.2, 0) is 17.8 Å². The second kappa shape index (κ2) is 13.4. The van der Waals surface area contributed by atoms with E-state index in [1.165, 1.54) is 28.2 Å². The molecule has 0 unspecified atom stereocenters. The van der Waals surface area contributed by atoms with Crippen LogP contribution in [0.25, 0.3) is 6.08 Å². The highest BCUT2D eigenvalue weighted by Crippen LogP contribution is 2.22. The van der Waals surface area contributed by atoms with Crippen LogP contribution in [0.5, 0.6) is 0 Å². The molecule has 1 amide bonds. The Labute approximate surface area is 234 Å². The van der Waals surface area contributed by atoms with Crippen molar-refractivity contribution in [2.45, 2.75) is 26.3 Å². The lowest BCUT2D eigenvalue weighted by Crippen LogP contribution is -2.49. The lowest BCUT2D eigenvalue weighted by atomic mass is 10.1. The lowest BCUT2D eigenvalue weighted by Gasteiger charge is -2.34. The van der Waals surface area contributed by atoms with E-state index in [1.54, 1.807) is 6.26 Å². The zero-order chi connectivity index (χ0) is 26.9. The van der Waals surface area contributed by atoms with Gasteiger partial charge < -0.3 is 14.2 Å². The molecule has 0 radical (unpaired) electrons. The minimum absolute atomic E-state index is 0.184. The standard InChI is InChI=1S/C31H35N5O2S/c1-25-11-13-27(14-12-25)23-29-32-31(39-33-29)36(24-28-10-6-22-38-28)17-15-30(37)35-20-18-34(19-21-35)16-5-9-26-7-3-2-4-8-26/h2-14,22H,15-21,23-24H2,1H3/b9-5+. The molecular formula is C31H35N5O2S. The Morgan fingerprint density at radius 1 is 1.03 bits per heavy atom. The lowest BCUT2D eigenvalue weighted by molar-refractivity contribution is -0.132. The molecule has 202 valence electrons. The van der Waals surface area contributed by atoms with Crippen molar-refractivity contribution in [1.82, 2.24) is 19.2 Å². The normalized spacial score (nSPS) is 14.2. The number of anilines is 1. The Morgan fingerprint density at radius 3 is 2.56 bits per heavy atom. The molecule has 0 saturated carbocycles. The first-order chi connectivity index (χ1) is 19.1. The Morgan fingerprint density at radius 2 is 1.82 bits per heavy atom. The molecule has 2 aromatic heterocycles. The summed E-state index contributed by atoms with van der Waals surface area (Å²) in [5.74, 6) is 1.82. The van der Waals surface area contributed by atoms with Gasteiger partial charge in [0, 0.05) is 63.6 Å². The minimum atomic E-state index is 0.184. The fraction of sp³-hybridized carbons (Fsp3) is 0.323. The van der Waals surface area contributed by atoms with Gasteiger partial charge >= 0.3 is 0 Å². The third-order valence-electron chi connectivity index (χ3n) is 6.93. The van der Waals surface area contributed by atoms with E-state index in [9.17, 15) is 4.79 Å². The van der Waals surface area contributed by atoms with E-state index in [0.29, 0.717) is 25.9 Å². The van der Waals surface area contributed by atoms with Crippen molar-refractivity contribution in [2.75, 3.05) is 44.2 Å². The predicted octanol–water partition coefficient (Wildman–Crippen LogP) is 5.28. The van der Waals surface area contributed by atoms with E-state index in [0.717, 1.165) is 49.4 Å². The monoisotopic (exact) mass is 541 g/mol. The van der Waals surface area contributed by atoms with Crippen molar-refractivity contribution in [3.63, 3.8) is 0 Å². The molecule has 0 bridgehead atoms. The van der Waals surface area contributed by atoms with Gasteiger partial charge in [-0.3, -0.25) is 9.69 Å². The van der Waals surface area contributed by atoms with Crippen molar-refractivity contribution in [1.29, 1.82) is 0 Å². The van der Waals surface area contributed by atoms with Gasteiger partial charge in [-0.05, 0) is 30.2 Å². The molecule has 0 aliphatic carbocycles. The average Bonchev–Trinajstić information content (AvgIpc) is 3.65. The minimum Gasteiger partial charge on any atom is -0.467 e. The van der Waals surface area contributed by atoms with Crippen LogP contribution < -0.4 is 4.90 Å². The van der Waals surface area contributed by atoms with Gasteiger partial charge in [0.2, 0.25) is 11.0 Å². The third kappa shape index (κ3) is 7.88. The summed E-state index contributed by atoms with van der Waals surface area (Å²) in [4.78, 5) is 24.4. The Bertz CT molecular complexity index is 1330. The maximum absolute atomic E-state index is 13.1. The summed E-state index contributed by atoms with van der Waals surface area (Å²) in [6, 6.07) is 22.6. The highest BCUT2D eigenvalue weighted by molar-refractivity contribution is 7.09. The molecule has 7 nitrogen and oxygen atoms in total. The van der Waals surface area contributed by atoms with Crippen molar-refractivity contribution in [3.05, 3.63) is 107 Å². The smallest absolute Gasteiger partial charge is 0.224 e. The van der Waals surface area contributed by atoms with Crippen LogP contribution in [0.2, 0.25) is 0 Å². The predicted molar refractivity (Wildman–Crippen MR) is 157 cm³/mol. The van der Waals surface area contributed by atoms with Gasteiger partial charge in [-0.15, -0.1) is 0 Å². The second-order valence-corrected chi connectivity index (χ2v) is 10.6. The Kier molecular flexibility index (Phi) is 9.19. The molecule has 4 aromatic rings. The number of amides is 1. The third-order valence-corrected chi connectivity index (χ3v) is 7.75. The zero-order valence-electron chi connectivity index (χ0n) is 22.4. The Hall–Kier alpha value is -3.75. The van der Waals surface area contributed by atoms with E-state index in [1.807, 2.05) is 23.1 Å². The number of carbonyl (C=O) groups excluding carboxylic acids is 1.